The quantitative estimate of drug-likeness (QED) is 0.765. The molecule has 2 aromatic rings. The Morgan fingerprint density at radius 1 is 1.04 bits per heavy atom. The van der Waals surface area contributed by atoms with Crippen molar-refractivity contribution >= 4 is 10.0 Å². The minimum absolute atomic E-state index is 0.153. The number of sulfonamides is 1. The smallest absolute Gasteiger partial charge is 0.419 e. The van der Waals surface area contributed by atoms with Gasteiger partial charge in [0.15, 0.2) is 11.5 Å². The molecule has 0 unspecified atom stereocenters. The molecule has 0 aliphatic heterocycles. The van der Waals surface area contributed by atoms with Crippen LogP contribution in [0, 0.1) is 5.82 Å². The fourth-order valence-electron chi connectivity index (χ4n) is 2.18. The lowest BCUT2D eigenvalue weighted by molar-refractivity contribution is -0.140. The molecule has 0 amide bonds. The Morgan fingerprint density at radius 2 is 1.69 bits per heavy atom. The molecule has 10 heteroatoms. The van der Waals surface area contributed by atoms with Gasteiger partial charge in [-0.1, -0.05) is 12.1 Å². The van der Waals surface area contributed by atoms with Crippen LogP contribution in [0.4, 0.5) is 17.6 Å². The molecule has 0 radical (unpaired) electrons. The molecule has 0 spiro atoms. The Balaban J connectivity index is 2.27. The Bertz CT molecular complexity index is 898. The van der Waals surface area contributed by atoms with E-state index in [2.05, 4.69) is 4.72 Å². The molecule has 1 N–H and O–H groups in total. The predicted octanol–water partition coefficient (Wildman–Crippen LogP) is 3.34. The first-order valence-corrected chi connectivity index (χ1v) is 8.64. The van der Waals surface area contributed by atoms with Crippen molar-refractivity contribution < 1.29 is 35.5 Å². The Labute approximate surface area is 147 Å². The van der Waals surface area contributed by atoms with E-state index in [4.69, 9.17) is 9.47 Å². The van der Waals surface area contributed by atoms with Crippen LogP contribution in [0.5, 0.6) is 11.5 Å². The summed E-state index contributed by atoms with van der Waals surface area (Å²) in [5.74, 6) is -1.06. The zero-order chi connectivity index (χ0) is 19.5. The van der Waals surface area contributed by atoms with E-state index in [0.717, 1.165) is 12.1 Å². The number of benzene rings is 2. The van der Waals surface area contributed by atoms with E-state index in [-0.39, 0.29) is 10.6 Å². The van der Waals surface area contributed by atoms with Gasteiger partial charge in [0.2, 0.25) is 10.0 Å². The molecule has 0 aliphatic rings. The van der Waals surface area contributed by atoms with E-state index in [0.29, 0.717) is 11.8 Å². The van der Waals surface area contributed by atoms with Gasteiger partial charge in [-0.05, 0) is 18.2 Å². The van der Waals surface area contributed by atoms with Crippen molar-refractivity contribution in [2.75, 3.05) is 14.2 Å². The fraction of sp³-hybridized carbons (Fsp3) is 0.250. The minimum Gasteiger partial charge on any atom is -0.493 e. The molecular weight excluding hydrogens is 378 g/mol. The molecule has 0 bridgehead atoms. The maximum absolute atomic E-state index is 14.0. The zero-order valence-corrected chi connectivity index (χ0v) is 14.5. The molecule has 0 saturated carbocycles. The van der Waals surface area contributed by atoms with Crippen LogP contribution in [0.15, 0.2) is 41.3 Å². The highest BCUT2D eigenvalue weighted by Gasteiger charge is 2.34. The summed E-state index contributed by atoms with van der Waals surface area (Å²) in [5, 5.41) is 0. The van der Waals surface area contributed by atoms with Gasteiger partial charge in [-0.3, -0.25) is 0 Å². The molecule has 26 heavy (non-hydrogen) atoms. The van der Waals surface area contributed by atoms with E-state index in [1.807, 2.05) is 0 Å². The second-order valence-electron chi connectivity index (χ2n) is 5.12. The van der Waals surface area contributed by atoms with E-state index >= 15 is 0 Å². The molecule has 0 atom stereocenters. The first kappa shape index (κ1) is 20.0. The van der Waals surface area contributed by atoms with Gasteiger partial charge >= 0.3 is 6.18 Å². The lowest BCUT2D eigenvalue weighted by Gasteiger charge is -2.13. The molecule has 0 fully saturated rings. The zero-order valence-electron chi connectivity index (χ0n) is 13.7. The van der Waals surface area contributed by atoms with Crippen molar-refractivity contribution in [1.82, 2.24) is 4.72 Å². The summed E-state index contributed by atoms with van der Waals surface area (Å²) in [6, 6.07) is 6.43. The van der Waals surface area contributed by atoms with Gasteiger partial charge in [0, 0.05) is 18.2 Å². The highest BCUT2D eigenvalue weighted by molar-refractivity contribution is 7.89. The van der Waals surface area contributed by atoms with Crippen LogP contribution in [0.1, 0.15) is 11.1 Å². The second kappa shape index (κ2) is 7.50. The number of halogens is 4. The molecule has 0 aromatic heterocycles. The molecule has 2 aromatic carbocycles. The summed E-state index contributed by atoms with van der Waals surface area (Å²) in [6.45, 7) is -0.646. The monoisotopic (exact) mass is 393 g/mol. The van der Waals surface area contributed by atoms with Crippen LogP contribution in [0.3, 0.4) is 0 Å². The standard InChI is InChI=1S/C16H15F4NO4S/c1-24-13-7-6-11(8-14(13)25-2)26(22,23)21-9-10-4-3-5-12(15(10)17)16(18,19)20/h3-8,21H,9H2,1-2H3. The highest BCUT2D eigenvalue weighted by atomic mass is 32.2. The van der Waals surface area contributed by atoms with Crippen molar-refractivity contribution in [3.63, 3.8) is 0 Å². The van der Waals surface area contributed by atoms with E-state index in [1.165, 1.54) is 32.4 Å². The van der Waals surface area contributed by atoms with Gasteiger partial charge in [0.25, 0.3) is 0 Å². The largest absolute Gasteiger partial charge is 0.493 e. The average Bonchev–Trinajstić information content (AvgIpc) is 2.59. The fourth-order valence-corrected chi connectivity index (χ4v) is 3.20. The van der Waals surface area contributed by atoms with Crippen molar-refractivity contribution in [3.8, 4) is 11.5 Å². The lowest BCUT2D eigenvalue weighted by Crippen LogP contribution is -2.24. The SMILES string of the molecule is COc1ccc(S(=O)(=O)NCc2cccc(C(F)(F)F)c2F)cc1OC. The summed E-state index contributed by atoms with van der Waals surface area (Å²) in [6.07, 6.45) is -4.87. The van der Waals surface area contributed by atoms with Crippen LogP contribution in [0.25, 0.3) is 0 Å². The normalized spacial score (nSPS) is 12.1. The summed E-state index contributed by atoms with van der Waals surface area (Å²) in [5.41, 5.74) is -1.89. The Kier molecular flexibility index (Phi) is 5.77. The number of ether oxygens (including phenoxy) is 2. The van der Waals surface area contributed by atoms with Crippen molar-refractivity contribution in [1.29, 1.82) is 0 Å². The van der Waals surface area contributed by atoms with E-state index < -0.39 is 39.7 Å². The van der Waals surface area contributed by atoms with Gasteiger partial charge in [0.1, 0.15) is 5.82 Å². The van der Waals surface area contributed by atoms with Crippen molar-refractivity contribution in [2.45, 2.75) is 17.6 Å². The molecule has 0 aliphatic carbocycles. The number of methoxy groups -OCH3 is 2. The van der Waals surface area contributed by atoms with Crippen LogP contribution in [0.2, 0.25) is 0 Å². The van der Waals surface area contributed by atoms with Crippen LogP contribution in [-0.4, -0.2) is 22.6 Å². The first-order chi connectivity index (χ1) is 12.1. The minimum atomic E-state index is -4.87. The van der Waals surface area contributed by atoms with Gasteiger partial charge < -0.3 is 9.47 Å². The molecule has 2 rings (SSSR count). The third-order valence-corrected chi connectivity index (χ3v) is 4.90. The summed E-state index contributed by atoms with van der Waals surface area (Å²) < 4.78 is 88.8. The molecule has 142 valence electrons. The maximum Gasteiger partial charge on any atom is 0.419 e. The lowest BCUT2D eigenvalue weighted by atomic mass is 10.1. The van der Waals surface area contributed by atoms with Crippen molar-refractivity contribution in [2.24, 2.45) is 0 Å². The van der Waals surface area contributed by atoms with E-state index in [1.54, 1.807) is 0 Å². The Hall–Kier alpha value is -2.33. The number of alkyl halides is 3. The first-order valence-electron chi connectivity index (χ1n) is 7.16. The number of hydrogen-bond acceptors (Lipinski definition) is 4. The Morgan fingerprint density at radius 3 is 2.27 bits per heavy atom. The van der Waals surface area contributed by atoms with E-state index in [9.17, 15) is 26.0 Å². The highest BCUT2D eigenvalue weighted by Crippen LogP contribution is 2.33. The maximum atomic E-state index is 14.0. The second-order valence-corrected chi connectivity index (χ2v) is 6.88. The summed E-state index contributed by atoms with van der Waals surface area (Å²) in [7, 11) is -1.42. The topological polar surface area (TPSA) is 64.6 Å². The number of rotatable bonds is 6. The molecule has 0 saturated heterocycles. The third-order valence-electron chi connectivity index (χ3n) is 3.50. The predicted molar refractivity (Wildman–Crippen MR) is 85.0 cm³/mol. The van der Waals surface area contributed by atoms with Crippen LogP contribution >= 0.6 is 0 Å². The number of hydrogen-bond donors (Lipinski definition) is 1. The average molecular weight is 393 g/mol. The van der Waals surface area contributed by atoms with Gasteiger partial charge in [-0.25, -0.2) is 17.5 Å². The van der Waals surface area contributed by atoms with Crippen LogP contribution in [-0.2, 0) is 22.7 Å². The molecular formula is C16H15F4NO4S. The molecule has 0 heterocycles. The summed E-state index contributed by atoms with van der Waals surface area (Å²) in [4.78, 5) is -0.206. The summed E-state index contributed by atoms with van der Waals surface area (Å²) >= 11 is 0. The van der Waals surface area contributed by atoms with Gasteiger partial charge in [-0.2, -0.15) is 13.2 Å². The van der Waals surface area contributed by atoms with Crippen LogP contribution < -0.4 is 14.2 Å². The van der Waals surface area contributed by atoms with Crippen molar-refractivity contribution in [3.05, 3.63) is 53.3 Å². The van der Waals surface area contributed by atoms with Gasteiger partial charge in [-0.15, -0.1) is 0 Å². The molecule has 5 nitrogen and oxygen atoms in total. The number of nitrogens with one attached hydrogen (secondary N) is 1. The van der Waals surface area contributed by atoms with Gasteiger partial charge in [0.05, 0.1) is 24.7 Å². The third kappa shape index (κ3) is 4.25.